The van der Waals surface area contributed by atoms with Gasteiger partial charge in [-0.15, -0.1) is 0 Å². The van der Waals surface area contributed by atoms with Crippen LogP contribution in [0.2, 0.25) is 0 Å². The Balaban J connectivity index is 1.99. The number of fused-ring (bicyclic) bond motifs is 10. The van der Waals surface area contributed by atoms with Crippen LogP contribution in [-0.4, -0.2) is 11.8 Å². The Bertz CT molecular complexity index is 1330. The predicted molar refractivity (Wildman–Crippen MR) is 110 cm³/mol. The molecule has 25 heavy (non-hydrogen) atoms. The standard InChI is InChI=1S/C23H16BN/c1-25-19-13-7-5-11-17(19)20-14-8-2-3-9-15(14)22-21(23(20)25)16-10-4-6-12-18(16)24-22/h2-13,24H,1H3. The zero-order valence-corrected chi connectivity index (χ0v) is 14.1. The van der Waals surface area contributed by atoms with E-state index in [1.807, 2.05) is 0 Å². The third-order valence-corrected chi connectivity index (χ3v) is 5.82. The van der Waals surface area contributed by atoms with Crippen molar-refractivity contribution < 1.29 is 0 Å². The lowest BCUT2D eigenvalue weighted by Crippen LogP contribution is -2.21. The average Bonchev–Trinajstić information content (AvgIpc) is 3.19. The van der Waals surface area contributed by atoms with Crippen LogP contribution in [0.3, 0.4) is 0 Å². The Labute approximate surface area is 146 Å². The first-order valence-electron chi connectivity index (χ1n) is 8.83. The molecule has 0 bridgehead atoms. The van der Waals surface area contributed by atoms with Gasteiger partial charge in [-0.3, -0.25) is 0 Å². The Morgan fingerprint density at radius 2 is 1.40 bits per heavy atom. The van der Waals surface area contributed by atoms with E-state index in [4.69, 9.17) is 0 Å². The van der Waals surface area contributed by atoms with Gasteiger partial charge in [0.05, 0.1) is 5.52 Å². The number of aryl methyl sites for hydroxylation is 1. The normalized spacial score (nSPS) is 12.5. The molecule has 0 N–H and O–H groups in total. The fourth-order valence-electron chi connectivity index (χ4n) is 4.78. The van der Waals surface area contributed by atoms with Crippen LogP contribution in [0.4, 0.5) is 0 Å². The van der Waals surface area contributed by atoms with Gasteiger partial charge in [-0.2, -0.15) is 0 Å². The van der Waals surface area contributed by atoms with E-state index in [9.17, 15) is 0 Å². The fourth-order valence-corrected chi connectivity index (χ4v) is 4.78. The average molecular weight is 317 g/mol. The number of hydrogen-bond donors (Lipinski definition) is 0. The summed E-state index contributed by atoms with van der Waals surface area (Å²) in [5.41, 5.74) is 8.44. The van der Waals surface area contributed by atoms with Crippen molar-refractivity contribution in [2.45, 2.75) is 0 Å². The molecule has 1 aromatic heterocycles. The minimum atomic E-state index is 1.03. The fraction of sp³-hybridized carbons (Fsp3) is 0.0435. The van der Waals surface area contributed by atoms with Crippen LogP contribution >= 0.6 is 0 Å². The zero-order chi connectivity index (χ0) is 16.5. The molecule has 116 valence electrons. The first-order valence-corrected chi connectivity index (χ1v) is 8.83. The van der Waals surface area contributed by atoms with Crippen LogP contribution in [0.25, 0.3) is 43.7 Å². The molecule has 0 amide bonds. The van der Waals surface area contributed by atoms with E-state index < -0.39 is 0 Å². The Hall–Kier alpha value is -3.00. The number of hydrogen-bond acceptors (Lipinski definition) is 0. The predicted octanol–water partition coefficient (Wildman–Crippen LogP) is 3.85. The van der Waals surface area contributed by atoms with Gasteiger partial charge >= 0.3 is 0 Å². The second kappa shape index (κ2) is 4.55. The number of nitrogens with zero attached hydrogens (tertiary/aromatic N) is 1. The molecule has 1 aliphatic rings. The van der Waals surface area contributed by atoms with Gasteiger partial charge < -0.3 is 4.57 Å². The Morgan fingerprint density at radius 3 is 2.28 bits per heavy atom. The van der Waals surface area contributed by atoms with Gasteiger partial charge in [0.1, 0.15) is 0 Å². The molecule has 0 unspecified atom stereocenters. The summed E-state index contributed by atoms with van der Waals surface area (Å²) in [4.78, 5) is 0. The van der Waals surface area contributed by atoms with E-state index >= 15 is 0 Å². The molecule has 0 atom stereocenters. The van der Waals surface area contributed by atoms with Gasteiger partial charge in [0.15, 0.2) is 7.28 Å². The van der Waals surface area contributed by atoms with Gasteiger partial charge in [-0.25, -0.2) is 0 Å². The molecule has 6 rings (SSSR count). The molecule has 0 radical (unpaired) electrons. The highest BCUT2D eigenvalue weighted by Gasteiger charge is 2.27. The maximum Gasteiger partial charge on any atom is 0.194 e. The largest absolute Gasteiger partial charge is 0.343 e. The van der Waals surface area contributed by atoms with Crippen molar-refractivity contribution in [3.63, 3.8) is 0 Å². The summed E-state index contributed by atoms with van der Waals surface area (Å²) in [6, 6.07) is 26.6. The number of aromatic nitrogens is 1. The Morgan fingerprint density at radius 1 is 0.720 bits per heavy atom. The molecule has 0 aliphatic carbocycles. The van der Waals surface area contributed by atoms with Crippen molar-refractivity contribution >= 4 is 50.8 Å². The highest BCUT2D eigenvalue weighted by Crippen LogP contribution is 2.40. The summed E-state index contributed by atoms with van der Waals surface area (Å²) in [5.74, 6) is 0. The van der Waals surface area contributed by atoms with Crippen LogP contribution < -0.4 is 10.9 Å². The number of para-hydroxylation sites is 1. The van der Waals surface area contributed by atoms with E-state index in [2.05, 4.69) is 84.4 Å². The van der Waals surface area contributed by atoms with E-state index in [-0.39, 0.29) is 0 Å². The zero-order valence-electron chi connectivity index (χ0n) is 14.1. The van der Waals surface area contributed by atoms with Gasteiger partial charge in [0, 0.05) is 28.9 Å². The van der Waals surface area contributed by atoms with Gasteiger partial charge in [-0.1, -0.05) is 77.7 Å². The minimum Gasteiger partial charge on any atom is -0.343 e. The molecule has 2 heteroatoms. The third kappa shape index (κ3) is 1.55. The van der Waals surface area contributed by atoms with Crippen molar-refractivity contribution in [2.75, 3.05) is 0 Å². The van der Waals surface area contributed by atoms with Crippen molar-refractivity contribution in [1.82, 2.24) is 4.57 Å². The molecule has 4 aromatic carbocycles. The minimum absolute atomic E-state index is 1.03. The van der Waals surface area contributed by atoms with Crippen LogP contribution in [0.1, 0.15) is 0 Å². The smallest absolute Gasteiger partial charge is 0.194 e. The molecule has 0 saturated carbocycles. The van der Waals surface area contributed by atoms with E-state index in [1.54, 1.807) is 0 Å². The van der Waals surface area contributed by atoms with E-state index in [0.717, 1.165) is 7.28 Å². The van der Waals surface area contributed by atoms with Crippen LogP contribution in [0, 0.1) is 0 Å². The first-order chi connectivity index (χ1) is 12.3. The van der Waals surface area contributed by atoms with Gasteiger partial charge in [0.2, 0.25) is 0 Å². The van der Waals surface area contributed by atoms with Gasteiger partial charge in [0.25, 0.3) is 0 Å². The van der Waals surface area contributed by atoms with Crippen LogP contribution in [-0.2, 0) is 7.05 Å². The summed E-state index contributed by atoms with van der Waals surface area (Å²) in [6.45, 7) is 0. The molecular formula is C23H16BN. The maximum absolute atomic E-state index is 2.39. The monoisotopic (exact) mass is 317 g/mol. The quantitative estimate of drug-likeness (QED) is 0.375. The summed E-state index contributed by atoms with van der Waals surface area (Å²) in [5, 5.41) is 5.52. The summed E-state index contributed by atoms with van der Waals surface area (Å²) >= 11 is 0. The lowest BCUT2D eigenvalue weighted by molar-refractivity contribution is 1.02. The first kappa shape index (κ1) is 13.3. The molecule has 2 heterocycles. The van der Waals surface area contributed by atoms with E-state index in [1.165, 1.54) is 54.6 Å². The number of rotatable bonds is 0. The highest BCUT2D eigenvalue weighted by molar-refractivity contribution is 6.77. The molecule has 0 spiro atoms. The van der Waals surface area contributed by atoms with Crippen LogP contribution in [0.15, 0.2) is 72.8 Å². The molecule has 0 fully saturated rings. The maximum atomic E-state index is 2.39. The summed E-state index contributed by atoms with van der Waals surface area (Å²) in [7, 11) is 3.24. The molecule has 1 nitrogen and oxygen atoms in total. The van der Waals surface area contributed by atoms with Crippen molar-refractivity contribution in [1.29, 1.82) is 0 Å². The lowest BCUT2D eigenvalue weighted by atomic mass is 9.66. The topological polar surface area (TPSA) is 4.93 Å². The van der Waals surface area contributed by atoms with Crippen molar-refractivity contribution in [2.24, 2.45) is 7.05 Å². The molecule has 5 aromatic rings. The van der Waals surface area contributed by atoms with Gasteiger partial charge in [-0.05, 0) is 22.4 Å². The highest BCUT2D eigenvalue weighted by atomic mass is 14.9. The number of benzene rings is 4. The lowest BCUT2D eigenvalue weighted by Gasteiger charge is -2.11. The molecule has 0 saturated heterocycles. The SMILES string of the molecule is Cn1c2ccccc2c2c3ccccc3c3c(c21)-c1ccccc1B3. The Kier molecular flexibility index (Phi) is 2.42. The second-order valence-electron chi connectivity index (χ2n) is 7.03. The molecular weight excluding hydrogens is 301 g/mol. The molecule has 1 aliphatic heterocycles. The third-order valence-electron chi connectivity index (χ3n) is 5.82. The van der Waals surface area contributed by atoms with E-state index in [0.29, 0.717) is 0 Å². The van der Waals surface area contributed by atoms with Crippen LogP contribution in [0.5, 0.6) is 0 Å². The summed E-state index contributed by atoms with van der Waals surface area (Å²) < 4.78 is 2.39. The summed E-state index contributed by atoms with van der Waals surface area (Å²) in [6.07, 6.45) is 0. The second-order valence-corrected chi connectivity index (χ2v) is 7.03. The van der Waals surface area contributed by atoms with Crippen molar-refractivity contribution in [3.8, 4) is 11.1 Å². The van der Waals surface area contributed by atoms with Crippen molar-refractivity contribution in [3.05, 3.63) is 72.8 Å².